The van der Waals surface area contributed by atoms with E-state index in [9.17, 15) is 24.3 Å². The van der Waals surface area contributed by atoms with Crippen molar-refractivity contribution in [3.63, 3.8) is 0 Å². The summed E-state index contributed by atoms with van der Waals surface area (Å²) in [5.74, 6) is -0.856. The van der Waals surface area contributed by atoms with Gasteiger partial charge < -0.3 is 14.9 Å². The van der Waals surface area contributed by atoms with E-state index in [-0.39, 0.29) is 11.3 Å². The van der Waals surface area contributed by atoms with Crippen molar-refractivity contribution in [2.45, 2.75) is 5.66 Å². The van der Waals surface area contributed by atoms with E-state index in [1.54, 1.807) is 66.7 Å². The van der Waals surface area contributed by atoms with Crippen molar-refractivity contribution in [2.24, 2.45) is 0 Å². The van der Waals surface area contributed by atoms with E-state index in [0.29, 0.717) is 16.8 Å². The minimum Gasteiger partial charge on any atom is -0.508 e. The third kappa shape index (κ3) is 4.23. The SMILES string of the molecule is O=C(C(c1cccc2ccccc12)P(=O)(O)O)N(c1ccccc1)c1cccc(O)c1. The third-order valence-corrected chi connectivity index (χ3v) is 6.18. The van der Waals surface area contributed by atoms with Crippen LogP contribution in [0.15, 0.2) is 97.1 Å². The molecule has 1 atom stereocenters. The minimum atomic E-state index is -4.92. The maximum Gasteiger partial charge on any atom is 0.342 e. The molecular weight excluding hydrogens is 413 g/mol. The quantitative estimate of drug-likeness (QED) is 0.379. The molecule has 0 bridgehead atoms. The van der Waals surface area contributed by atoms with Gasteiger partial charge >= 0.3 is 7.60 Å². The normalized spacial score (nSPS) is 12.5. The van der Waals surface area contributed by atoms with Gasteiger partial charge in [-0.1, -0.05) is 66.7 Å². The van der Waals surface area contributed by atoms with Gasteiger partial charge in [-0.15, -0.1) is 0 Å². The Morgan fingerprint density at radius 3 is 2.10 bits per heavy atom. The number of aromatic hydroxyl groups is 1. The molecule has 0 saturated heterocycles. The molecule has 0 saturated carbocycles. The van der Waals surface area contributed by atoms with Crippen LogP contribution in [-0.4, -0.2) is 20.8 Å². The highest BCUT2D eigenvalue weighted by Gasteiger charge is 2.41. The van der Waals surface area contributed by atoms with Crippen LogP contribution in [0.25, 0.3) is 10.8 Å². The molecule has 6 nitrogen and oxygen atoms in total. The Balaban J connectivity index is 1.93. The highest BCUT2D eigenvalue weighted by molar-refractivity contribution is 7.53. The van der Waals surface area contributed by atoms with Crippen LogP contribution in [0, 0.1) is 0 Å². The molecule has 0 aliphatic carbocycles. The highest BCUT2D eigenvalue weighted by atomic mass is 31.2. The Morgan fingerprint density at radius 2 is 1.39 bits per heavy atom. The largest absolute Gasteiger partial charge is 0.508 e. The number of hydrogen-bond acceptors (Lipinski definition) is 3. The standard InChI is InChI=1S/C24H20NO5P/c26-20-13-7-12-19(16-20)25(18-10-2-1-3-11-18)24(27)23(31(28,29)30)22-15-6-9-17-8-4-5-14-21(17)22/h1-16,23,26H,(H2,28,29,30). The Hall–Kier alpha value is -3.44. The van der Waals surface area contributed by atoms with E-state index in [4.69, 9.17) is 0 Å². The number of benzene rings is 4. The van der Waals surface area contributed by atoms with E-state index in [1.165, 1.54) is 17.0 Å². The second-order valence-corrected chi connectivity index (χ2v) is 8.78. The minimum absolute atomic E-state index is 0.0656. The van der Waals surface area contributed by atoms with Crippen molar-refractivity contribution in [1.82, 2.24) is 0 Å². The first kappa shape index (κ1) is 20.8. The Kier molecular flexibility index (Phi) is 5.61. The first-order chi connectivity index (χ1) is 14.9. The predicted molar refractivity (Wildman–Crippen MR) is 120 cm³/mol. The molecule has 156 valence electrons. The number of para-hydroxylation sites is 1. The third-order valence-electron chi connectivity index (χ3n) is 5.01. The zero-order valence-electron chi connectivity index (χ0n) is 16.4. The number of hydrogen-bond donors (Lipinski definition) is 3. The number of rotatable bonds is 5. The van der Waals surface area contributed by atoms with Gasteiger partial charge in [-0.2, -0.15) is 0 Å². The van der Waals surface area contributed by atoms with Gasteiger partial charge in [0.25, 0.3) is 5.91 Å². The highest BCUT2D eigenvalue weighted by Crippen LogP contribution is 2.55. The molecule has 0 spiro atoms. The summed E-state index contributed by atoms with van der Waals surface area (Å²) >= 11 is 0. The number of fused-ring (bicyclic) bond motifs is 1. The molecule has 1 amide bonds. The fourth-order valence-electron chi connectivity index (χ4n) is 3.68. The first-order valence-electron chi connectivity index (χ1n) is 9.57. The van der Waals surface area contributed by atoms with Crippen LogP contribution >= 0.6 is 7.60 Å². The van der Waals surface area contributed by atoms with Crippen molar-refractivity contribution in [3.05, 3.63) is 103 Å². The molecule has 31 heavy (non-hydrogen) atoms. The molecule has 0 radical (unpaired) electrons. The Bertz CT molecular complexity index is 1280. The van der Waals surface area contributed by atoms with Crippen LogP contribution in [0.3, 0.4) is 0 Å². The van der Waals surface area contributed by atoms with E-state index < -0.39 is 19.2 Å². The molecule has 4 aromatic rings. The van der Waals surface area contributed by atoms with Gasteiger partial charge in [-0.3, -0.25) is 14.3 Å². The summed E-state index contributed by atoms with van der Waals surface area (Å²) in [6.07, 6.45) is 0. The summed E-state index contributed by atoms with van der Waals surface area (Å²) in [7, 11) is -4.92. The van der Waals surface area contributed by atoms with Crippen LogP contribution in [-0.2, 0) is 9.36 Å². The number of carbonyl (C=O) groups excluding carboxylic acids is 1. The number of nitrogens with zero attached hydrogens (tertiary/aromatic N) is 1. The lowest BCUT2D eigenvalue weighted by Crippen LogP contribution is -2.31. The van der Waals surface area contributed by atoms with Crippen LogP contribution < -0.4 is 4.90 Å². The van der Waals surface area contributed by atoms with Crippen molar-refractivity contribution in [3.8, 4) is 5.75 Å². The molecule has 4 rings (SSSR count). The summed E-state index contributed by atoms with van der Waals surface area (Å²) in [5.41, 5.74) is -0.745. The molecule has 3 N–H and O–H groups in total. The van der Waals surface area contributed by atoms with Crippen LogP contribution in [0.2, 0.25) is 0 Å². The Labute approximate surface area is 179 Å². The lowest BCUT2D eigenvalue weighted by molar-refractivity contribution is -0.117. The number of carbonyl (C=O) groups is 1. The monoisotopic (exact) mass is 433 g/mol. The van der Waals surface area contributed by atoms with Crippen LogP contribution in [0.5, 0.6) is 5.75 Å². The van der Waals surface area contributed by atoms with Crippen LogP contribution in [0.4, 0.5) is 11.4 Å². The van der Waals surface area contributed by atoms with Gasteiger partial charge in [0.15, 0.2) is 5.66 Å². The molecule has 7 heteroatoms. The zero-order valence-corrected chi connectivity index (χ0v) is 17.3. The Morgan fingerprint density at radius 1 is 0.774 bits per heavy atom. The number of amides is 1. The summed E-state index contributed by atoms with van der Waals surface area (Å²) < 4.78 is 12.6. The number of phenols is 1. The fraction of sp³-hybridized carbons (Fsp3) is 0.0417. The van der Waals surface area contributed by atoms with Crippen molar-refractivity contribution >= 4 is 35.7 Å². The first-order valence-corrected chi connectivity index (χ1v) is 11.3. The molecule has 1 unspecified atom stereocenters. The van der Waals surface area contributed by atoms with E-state index >= 15 is 0 Å². The second-order valence-electron chi connectivity index (χ2n) is 7.09. The second kappa shape index (κ2) is 8.36. The smallest absolute Gasteiger partial charge is 0.342 e. The van der Waals surface area contributed by atoms with Gasteiger partial charge in [0.05, 0.1) is 5.69 Å². The fourth-order valence-corrected chi connectivity index (χ4v) is 4.67. The molecule has 4 aromatic carbocycles. The molecule has 0 aliphatic rings. The number of phenolic OH excluding ortho intramolecular Hbond substituents is 1. The summed E-state index contributed by atoms with van der Waals surface area (Å²) in [4.78, 5) is 35.6. The van der Waals surface area contributed by atoms with E-state index in [1.807, 2.05) is 18.2 Å². The molecule has 0 aliphatic heterocycles. The van der Waals surface area contributed by atoms with E-state index in [0.717, 1.165) is 5.39 Å². The van der Waals surface area contributed by atoms with E-state index in [2.05, 4.69) is 0 Å². The summed E-state index contributed by atoms with van der Waals surface area (Å²) in [6.45, 7) is 0. The maximum absolute atomic E-state index is 13.8. The average Bonchev–Trinajstić information content (AvgIpc) is 2.74. The van der Waals surface area contributed by atoms with Crippen molar-refractivity contribution in [2.75, 3.05) is 4.90 Å². The lowest BCUT2D eigenvalue weighted by Gasteiger charge is -2.29. The van der Waals surface area contributed by atoms with Crippen LogP contribution in [0.1, 0.15) is 11.2 Å². The molecule has 0 aromatic heterocycles. The molecule has 0 heterocycles. The number of anilines is 2. The maximum atomic E-state index is 13.8. The van der Waals surface area contributed by atoms with Crippen molar-refractivity contribution < 1.29 is 24.3 Å². The van der Waals surface area contributed by atoms with Gasteiger partial charge in [0, 0.05) is 11.8 Å². The van der Waals surface area contributed by atoms with Crippen molar-refractivity contribution in [1.29, 1.82) is 0 Å². The zero-order chi connectivity index (χ0) is 22.0. The van der Waals surface area contributed by atoms with Gasteiger partial charge in [-0.25, -0.2) is 0 Å². The summed E-state index contributed by atoms with van der Waals surface area (Å²) in [6, 6.07) is 26.8. The predicted octanol–water partition coefficient (Wildman–Crippen LogP) is 5.13. The lowest BCUT2D eigenvalue weighted by atomic mass is 10.0. The summed E-state index contributed by atoms with van der Waals surface area (Å²) in [5, 5.41) is 11.3. The molecule has 0 fully saturated rings. The average molecular weight is 433 g/mol. The topological polar surface area (TPSA) is 98.1 Å². The molecular formula is C24H20NO5P. The van der Waals surface area contributed by atoms with Gasteiger partial charge in [-0.05, 0) is 40.6 Å². The van der Waals surface area contributed by atoms with Gasteiger partial charge in [0.2, 0.25) is 0 Å². The van der Waals surface area contributed by atoms with Gasteiger partial charge in [0.1, 0.15) is 5.75 Å².